The van der Waals surface area contributed by atoms with Gasteiger partial charge in [0.1, 0.15) is 0 Å². The Balaban J connectivity index is 2.13. The van der Waals surface area contributed by atoms with Crippen molar-refractivity contribution in [1.29, 1.82) is 0 Å². The minimum atomic E-state index is -0.172. The zero-order valence-electron chi connectivity index (χ0n) is 11.4. The van der Waals surface area contributed by atoms with Crippen LogP contribution in [0.5, 0.6) is 0 Å². The molecule has 0 aliphatic heterocycles. The van der Waals surface area contributed by atoms with Crippen molar-refractivity contribution in [2.45, 2.75) is 6.92 Å². The molecular formula is C16H17N3O. The van der Waals surface area contributed by atoms with Gasteiger partial charge in [-0.05, 0) is 24.6 Å². The molecule has 0 radical (unpaired) electrons. The Morgan fingerprint density at radius 2 is 2.15 bits per heavy atom. The van der Waals surface area contributed by atoms with E-state index in [1.807, 2.05) is 31.2 Å². The maximum atomic E-state index is 12.2. The standard InChI is InChI=1S/C16H17N3O/c1-3-8-18-14-9-13(10-17-11-14)16(20)19-15-7-5-4-6-12(15)2/h3-7,9-11,18H,1,8H2,2H3,(H,19,20). The molecule has 1 amide bonds. The monoisotopic (exact) mass is 267 g/mol. The van der Waals surface area contributed by atoms with E-state index in [1.165, 1.54) is 0 Å². The largest absolute Gasteiger partial charge is 0.380 e. The molecule has 4 heteroatoms. The topological polar surface area (TPSA) is 54.0 Å². The molecule has 102 valence electrons. The number of carbonyl (C=O) groups is 1. The Labute approximate surface area is 118 Å². The number of rotatable bonds is 5. The van der Waals surface area contributed by atoms with Crippen LogP contribution in [0.3, 0.4) is 0 Å². The van der Waals surface area contributed by atoms with Crippen LogP contribution in [0.25, 0.3) is 0 Å². The fourth-order valence-corrected chi connectivity index (χ4v) is 1.76. The molecule has 0 unspecified atom stereocenters. The van der Waals surface area contributed by atoms with Crippen molar-refractivity contribution in [1.82, 2.24) is 4.98 Å². The zero-order chi connectivity index (χ0) is 14.4. The van der Waals surface area contributed by atoms with Crippen molar-refractivity contribution in [3.8, 4) is 0 Å². The third-order valence-corrected chi connectivity index (χ3v) is 2.84. The second-order valence-corrected chi connectivity index (χ2v) is 4.40. The van der Waals surface area contributed by atoms with Crippen molar-refractivity contribution in [2.75, 3.05) is 17.2 Å². The number of benzene rings is 1. The lowest BCUT2D eigenvalue weighted by Gasteiger charge is -2.09. The van der Waals surface area contributed by atoms with Crippen LogP contribution >= 0.6 is 0 Å². The number of pyridine rings is 1. The normalized spacial score (nSPS) is 9.85. The second-order valence-electron chi connectivity index (χ2n) is 4.40. The van der Waals surface area contributed by atoms with Gasteiger partial charge < -0.3 is 10.6 Å². The highest BCUT2D eigenvalue weighted by Gasteiger charge is 2.08. The summed E-state index contributed by atoms with van der Waals surface area (Å²) in [5.41, 5.74) is 3.14. The Morgan fingerprint density at radius 3 is 2.90 bits per heavy atom. The van der Waals surface area contributed by atoms with Crippen LogP contribution in [0, 0.1) is 6.92 Å². The van der Waals surface area contributed by atoms with Crippen LogP contribution in [0.2, 0.25) is 0 Å². The third-order valence-electron chi connectivity index (χ3n) is 2.84. The van der Waals surface area contributed by atoms with Crippen LogP contribution < -0.4 is 10.6 Å². The number of aromatic nitrogens is 1. The van der Waals surface area contributed by atoms with Crippen LogP contribution in [-0.4, -0.2) is 17.4 Å². The fourth-order valence-electron chi connectivity index (χ4n) is 1.76. The van der Waals surface area contributed by atoms with E-state index in [4.69, 9.17) is 0 Å². The van der Waals surface area contributed by atoms with E-state index in [1.54, 1.807) is 24.5 Å². The number of amides is 1. The fraction of sp³-hybridized carbons (Fsp3) is 0.125. The van der Waals surface area contributed by atoms with Gasteiger partial charge in [-0.1, -0.05) is 24.3 Å². The van der Waals surface area contributed by atoms with Crippen molar-refractivity contribution in [2.24, 2.45) is 0 Å². The number of carbonyl (C=O) groups excluding carboxylic acids is 1. The van der Waals surface area contributed by atoms with E-state index in [0.29, 0.717) is 12.1 Å². The predicted molar refractivity (Wildman–Crippen MR) is 82.1 cm³/mol. The molecule has 0 aliphatic carbocycles. The molecule has 1 aromatic heterocycles. The molecule has 0 fully saturated rings. The Morgan fingerprint density at radius 1 is 1.35 bits per heavy atom. The first-order valence-electron chi connectivity index (χ1n) is 6.37. The first-order valence-corrected chi connectivity index (χ1v) is 6.37. The Kier molecular flexibility index (Phi) is 4.50. The lowest BCUT2D eigenvalue weighted by atomic mass is 10.2. The van der Waals surface area contributed by atoms with E-state index < -0.39 is 0 Å². The van der Waals surface area contributed by atoms with Crippen molar-refractivity contribution in [3.63, 3.8) is 0 Å². The summed E-state index contributed by atoms with van der Waals surface area (Å²) in [6.45, 7) is 6.22. The summed E-state index contributed by atoms with van der Waals surface area (Å²) in [5.74, 6) is -0.172. The van der Waals surface area contributed by atoms with E-state index in [0.717, 1.165) is 16.9 Å². The highest BCUT2D eigenvalue weighted by molar-refractivity contribution is 6.04. The van der Waals surface area contributed by atoms with E-state index >= 15 is 0 Å². The summed E-state index contributed by atoms with van der Waals surface area (Å²) < 4.78 is 0. The van der Waals surface area contributed by atoms with Gasteiger partial charge >= 0.3 is 0 Å². The zero-order valence-corrected chi connectivity index (χ0v) is 11.4. The van der Waals surface area contributed by atoms with Gasteiger partial charge in [-0.15, -0.1) is 6.58 Å². The molecule has 4 nitrogen and oxygen atoms in total. The number of nitrogens with zero attached hydrogens (tertiary/aromatic N) is 1. The van der Waals surface area contributed by atoms with Gasteiger partial charge in [0.15, 0.2) is 0 Å². The minimum absolute atomic E-state index is 0.172. The van der Waals surface area contributed by atoms with Crippen LogP contribution in [0.15, 0.2) is 55.4 Å². The molecule has 0 spiro atoms. The van der Waals surface area contributed by atoms with Gasteiger partial charge in [-0.25, -0.2) is 0 Å². The molecule has 2 aromatic rings. The van der Waals surface area contributed by atoms with Crippen LogP contribution in [0.1, 0.15) is 15.9 Å². The first kappa shape index (κ1) is 13.8. The Bertz CT molecular complexity index is 623. The molecule has 20 heavy (non-hydrogen) atoms. The maximum absolute atomic E-state index is 12.2. The lowest BCUT2D eigenvalue weighted by Crippen LogP contribution is -2.13. The van der Waals surface area contributed by atoms with Gasteiger partial charge in [-0.3, -0.25) is 9.78 Å². The maximum Gasteiger partial charge on any atom is 0.257 e. The molecule has 1 heterocycles. The summed E-state index contributed by atoms with van der Waals surface area (Å²) in [6.07, 6.45) is 4.97. The van der Waals surface area contributed by atoms with Crippen molar-refractivity contribution < 1.29 is 4.79 Å². The molecule has 0 bridgehead atoms. The highest BCUT2D eigenvalue weighted by Crippen LogP contribution is 2.15. The van der Waals surface area contributed by atoms with Gasteiger partial charge in [0.2, 0.25) is 0 Å². The van der Waals surface area contributed by atoms with Crippen molar-refractivity contribution >= 4 is 17.3 Å². The average Bonchev–Trinajstić information content (AvgIpc) is 2.48. The smallest absolute Gasteiger partial charge is 0.257 e. The molecule has 1 aromatic carbocycles. The van der Waals surface area contributed by atoms with Gasteiger partial charge in [0, 0.05) is 24.6 Å². The van der Waals surface area contributed by atoms with Crippen LogP contribution in [0.4, 0.5) is 11.4 Å². The van der Waals surface area contributed by atoms with Crippen molar-refractivity contribution in [3.05, 3.63) is 66.5 Å². The average molecular weight is 267 g/mol. The number of anilines is 2. The number of hydrogen-bond donors (Lipinski definition) is 2. The quantitative estimate of drug-likeness (QED) is 0.818. The SMILES string of the molecule is C=CCNc1cncc(C(=O)Nc2ccccc2C)c1. The first-order chi connectivity index (χ1) is 9.70. The Hall–Kier alpha value is -2.62. The van der Waals surface area contributed by atoms with Gasteiger partial charge in [0.05, 0.1) is 11.3 Å². The molecular weight excluding hydrogens is 250 g/mol. The number of hydrogen-bond acceptors (Lipinski definition) is 3. The lowest BCUT2D eigenvalue weighted by molar-refractivity contribution is 0.102. The molecule has 2 rings (SSSR count). The van der Waals surface area contributed by atoms with Crippen LogP contribution in [-0.2, 0) is 0 Å². The molecule has 0 aliphatic rings. The minimum Gasteiger partial charge on any atom is -0.380 e. The van der Waals surface area contributed by atoms with Gasteiger partial charge in [0.25, 0.3) is 5.91 Å². The molecule has 2 N–H and O–H groups in total. The highest BCUT2D eigenvalue weighted by atomic mass is 16.1. The van der Waals surface area contributed by atoms with E-state index in [-0.39, 0.29) is 5.91 Å². The molecule has 0 atom stereocenters. The molecule has 0 saturated carbocycles. The number of para-hydroxylation sites is 1. The van der Waals surface area contributed by atoms with E-state index in [2.05, 4.69) is 22.2 Å². The number of aryl methyl sites for hydroxylation is 1. The summed E-state index contributed by atoms with van der Waals surface area (Å²) in [4.78, 5) is 16.3. The number of nitrogens with one attached hydrogen (secondary N) is 2. The molecule has 0 saturated heterocycles. The van der Waals surface area contributed by atoms with E-state index in [9.17, 15) is 4.79 Å². The summed E-state index contributed by atoms with van der Waals surface area (Å²) >= 11 is 0. The summed E-state index contributed by atoms with van der Waals surface area (Å²) in [5, 5.41) is 5.99. The summed E-state index contributed by atoms with van der Waals surface area (Å²) in [6, 6.07) is 9.43. The van der Waals surface area contributed by atoms with Gasteiger partial charge in [-0.2, -0.15) is 0 Å². The predicted octanol–water partition coefficient (Wildman–Crippen LogP) is 3.24. The summed E-state index contributed by atoms with van der Waals surface area (Å²) in [7, 11) is 0. The third kappa shape index (κ3) is 3.45. The second kappa shape index (κ2) is 6.52.